The Kier molecular flexibility index (Phi) is 11.0. The second kappa shape index (κ2) is 14.6. The van der Waals surface area contributed by atoms with Crippen molar-refractivity contribution in [3.05, 3.63) is 71.9 Å². The van der Waals surface area contributed by atoms with Crippen LogP contribution in [0.4, 0.5) is 0 Å². The van der Waals surface area contributed by atoms with Crippen LogP contribution in [0.25, 0.3) is 10.9 Å². The Labute approximate surface area is 237 Å². The number of benzene rings is 2. The Morgan fingerprint density at radius 3 is 2.17 bits per heavy atom. The van der Waals surface area contributed by atoms with Gasteiger partial charge in [0.05, 0.1) is 12.5 Å². The molecule has 3 aromatic rings. The maximum Gasteiger partial charge on any atom is 0.305 e. The zero-order valence-electron chi connectivity index (χ0n) is 22.8. The van der Waals surface area contributed by atoms with E-state index >= 15 is 0 Å². The van der Waals surface area contributed by atoms with E-state index in [0.717, 1.165) is 22.9 Å². The molecule has 9 N–H and O–H groups in total. The number of hydrogen-bond donors (Lipinski definition) is 7. The highest BCUT2D eigenvalue weighted by Gasteiger charge is 2.31. The molecular formula is C29H36N6O6. The summed E-state index contributed by atoms with van der Waals surface area (Å²) in [5.74, 6) is -4.44. The molecule has 12 nitrogen and oxygen atoms in total. The van der Waals surface area contributed by atoms with Crippen LogP contribution in [0.5, 0.6) is 0 Å². The fraction of sp³-hybridized carbons (Fsp3) is 0.345. The third-order valence-corrected chi connectivity index (χ3v) is 6.65. The molecule has 0 radical (unpaired) electrons. The minimum atomic E-state index is -1.54. The number of nitrogens with one attached hydrogen (secondary N) is 4. The lowest BCUT2D eigenvalue weighted by Crippen LogP contribution is -2.57. The molecule has 3 rings (SSSR count). The standard InChI is InChI=1S/C29H36N6O6/c1-2-3-12-22(33-27(39)20(30)14-18-16-32-21-13-8-7-11-19(18)21)28(40)34-23(15-24(36)37)29(41)35-25(26(31)38)17-9-5-4-6-10-17/h4-11,13,16,20,22-23,25,32H,2-3,12,14-15,30H2,1H3,(H2,31,38)(H,33,39)(H,34,40)(H,35,41)(H,36,37)/t20-,22-,23-,25+/m0/s1. The van der Waals surface area contributed by atoms with Crippen molar-refractivity contribution in [2.75, 3.05) is 0 Å². The first kappa shape index (κ1) is 30.8. The average Bonchev–Trinajstić information content (AvgIpc) is 3.35. The second-order valence-electron chi connectivity index (χ2n) is 9.79. The number of carboxylic acid groups (broad SMARTS) is 1. The topological polar surface area (TPSA) is 209 Å². The van der Waals surface area contributed by atoms with Gasteiger partial charge >= 0.3 is 5.97 Å². The van der Waals surface area contributed by atoms with E-state index in [-0.39, 0.29) is 12.8 Å². The first-order valence-electron chi connectivity index (χ1n) is 13.4. The highest BCUT2D eigenvalue weighted by atomic mass is 16.4. The number of aromatic nitrogens is 1. The molecule has 0 saturated carbocycles. The molecule has 218 valence electrons. The molecule has 0 bridgehead atoms. The summed E-state index contributed by atoms with van der Waals surface area (Å²) in [4.78, 5) is 66.0. The molecule has 1 aromatic heterocycles. The van der Waals surface area contributed by atoms with Gasteiger partial charge in [0.1, 0.15) is 18.1 Å². The van der Waals surface area contributed by atoms with Crippen LogP contribution in [0.1, 0.15) is 49.8 Å². The van der Waals surface area contributed by atoms with Gasteiger partial charge < -0.3 is 37.5 Å². The Bertz CT molecular complexity index is 1370. The van der Waals surface area contributed by atoms with Crippen LogP contribution in [-0.4, -0.2) is 57.8 Å². The molecule has 0 aliphatic rings. The number of unbranched alkanes of at least 4 members (excludes halogenated alkanes) is 1. The Balaban J connectivity index is 1.71. The third kappa shape index (κ3) is 8.64. The number of aliphatic carboxylic acids is 1. The first-order valence-corrected chi connectivity index (χ1v) is 13.4. The van der Waals surface area contributed by atoms with Crippen LogP contribution in [0, 0.1) is 0 Å². The van der Waals surface area contributed by atoms with E-state index in [0.29, 0.717) is 12.0 Å². The van der Waals surface area contributed by atoms with E-state index in [9.17, 15) is 29.1 Å². The summed E-state index contributed by atoms with van der Waals surface area (Å²) in [6.07, 6.45) is 2.77. The molecule has 0 aliphatic carbocycles. The number of aromatic amines is 1. The van der Waals surface area contributed by atoms with Gasteiger partial charge in [0.15, 0.2) is 0 Å². The maximum absolute atomic E-state index is 13.2. The summed E-state index contributed by atoms with van der Waals surface area (Å²) >= 11 is 0. The summed E-state index contributed by atoms with van der Waals surface area (Å²) in [5, 5.41) is 17.8. The Hall–Kier alpha value is -4.71. The highest BCUT2D eigenvalue weighted by Crippen LogP contribution is 2.19. The zero-order valence-corrected chi connectivity index (χ0v) is 22.8. The number of carboxylic acids is 1. The van der Waals surface area contributed by atoms with Gasteiger partial charge in [-0.1, -0.05) is 68.3 Å². The van der Waals surface area contributed by atoms with Gasteiger partial charge in [0, 0.05) is 17.1 Å². The van der Waals surface area contributed by atoms with Gasteiger partial charge in [-0.2, -0.15) is 0 Å². The van der Waals surface area contributed by atoms with Crippen molar-refractivity contribution < 1.29 is 29.1 Å². The zero-order chi connectivity index (χ0) is 29.9. The number of nitrogens with two attached hydrogens (primary N) is 2. The van der Waals surface area contributed by atoms with Crippen LogP contribution in [0.15, 0.2) is 60.8 Å². The van der Waals surface area contributed by atoms with Gasteiger partial charge in [0.2, 0.25) is 23.6 Å². The highest BCUT2D eigenvalue weighted by molar-refractivity contribution is 5.96. The van der Waals surface area contributed by atoms with Crippen molar-refractivity contribution >= 4 is 40.5 Å². The predicted octanol–water partition coefficient (Wildman–Crippen LogP) is 1.02. The quantitative estimate of drug-likeness (QED) is 0.142. The van der Waals surface area contributed by atoms with Gasteiger partial charge in [0.25, 0.3) is 0 Å². The van der Waals surface area contributed by atoms with E-state index in [1.807, 2.05) is 31.2 Å². The maximum atomic E-state index is 13.2. The molecule has 2 aromatic carbocycles. The van der Waals surface area contributed by atoms with Gasteiger partial charge in [-0.05, 0) is 30.0 Å². The summed E-state index contributed by atoms with van der Waals surface area (Å²) in [6, 6.07) is 11.0. The molecule has 0 saturated heterocycles. The number of para-hydroxylation sites is 1. The fourth-order valence-electron chi connectivity index (χ4n) is 4.45. The smallest absolute Gasteiger partial charge is 0.305 e. The van der Waals surface area contributed by atoms with Crippen molar-refractivity contribution in [3.63, 3.8) is 0 Å². The number of hydrogen-bond acceptors (Lipinski definition) is 6. The normalized spacial score (nSPS) is 13.9. The second-order valence-corrected chi connectivity index (χ2v) is 9.79. The predicted molar refractivity (Wildman–Crippen MR) is 152 cm³/mol. The molecule has 0 spiro atoms. The summed E-state index contributed by atoms with van der Waals surface area (Å²) in [6.45, 7) is 1.91. The van der Waals surface area contributed by atoms with Crippen molar-refractivity contribution in [2.24, 2.45) is 11.5 Å². The van der Waals surface area contributed by atoms with Crippen molar-refractivity contribution in [3.8, 4) is 0 Å². The van der Waals surface area contributed by atoms with Crippen molar-refractivity contribution in [2.45, 2.75) is 63.2 Å². The van der Waals surface area contributed by atoms with Crippen molar-refractivity contribution in [1.82, 2.24) is 20.9 Å². The molecule has 41 heavy (non-hydrogen) atoms. The number of amides is 4. The summed E-state index contributed by atoms with van der Waals surface area (Å²) in [7, 11) is 0. The van der Waals surface area contributed by atoms with E-state index in [4.69, 9.17) is 11.5 Å². The molecule has 0 fully saturated rings. The molecular weight excluding hydrogens is 528 g/mol. The van der Waals surface area contributed by atoms with E-state index in [1.165, 1.54) is 0 Å². The largest absolute Gasteiger partial charge is 0.481 e. The molecule has 12 heteroatoms. The lowest BCUT2D eigenvalue weighted by atomic mass is 10.0. The van der Waals surface area contributed by atoms with Crippen LogP contribution < -0.4 is 27.4 Å². The molecule has 4 amide bonds. The minimum Gasteiger partial charge on any atom is -0.481 e. The molecule has 4 atom stereocenters. The number of carbonyl (C=O) groups is 5. The van der Waals surface area contributed by atoms with Crippen LogP contribution in [0.3, 0.4) is 0 Å². The summed E-state index contributed by atoms with van der Waals surface area (Å²) < 4.78 is 0. The Morgan fingerprint density at radius 1 is 0.878 bits per heavy atom. The minimum absolute atomic E-state index is 0.218. The van der Waals surface area contributed by atoms with E-state index in [1.54, 1.807) is 36.5 Å². The van der Waals surface area contributed by atoms with Crippen LogP contribution >= 0.6 is 0 Å². The third-order valence-electron chi connectivity index (χ3n) is 6.65. The number of H-pyrrole nitrogens is 1. The van der Waals surface area contributed by atoms with Gasteiger partial charge in [-0.3, -0.25) is 24.0 Å². The Morgan fingerprint density at radius 2 is 1.51 bits per heavy atom. The SMILES string of the molecule is CCCC[C@H](NC(=O)[C@@H](N)Cc1c[nH]c2ccccc12)C(=O)N[C@@H](CC(=O)O)C(=O)N[C@@H](C(N)=O)c1ccccc1. The van der Waals surface area contributed by atoms with Gasteiger partial charge in [-0.15, -0.1) is 0 Å². The molecule has 0 unspecified atom stereocenters. The number of rotatable bonds is 15. The summed E-state index contributed by atoms with van der Waals surface area (Å²) in [5.41, 5.74) is 13.8. The van der Waals surface area contributed by atoms with Crippen LogP contribution in [-0.2, 0) is 30.4 Å². The number of fused-ring (bicyclic) bond motifs is 1. The van der Waals surface area contributed by atoms with E-state index < -0.39 is 60.2 Å². The lowest BCUT2D eigenvalue weighted by Gasteiger charge is -2.25. The van der Waals surface area contributed by atoms with Gasteiger partial charge in [-0.25, -0.2) is 0 Å². The van der Waals surface area contributed by atoms with Crippen molar-refractivity contribution in [1.29, 1.82) is 0 Å². The number of primary amides is 1. The van der Waals surface area contributed by atoms with E-state index in [2.05, 4.69) is 20.9 Å². The fourth-order valence-corrected chi connectivity index (χ4v) is 4.45. The first-order chi connectivity index (χ1) is 19.6. The molecule has 0 aliphatic heterocycles. The molecule has 1 heterocycles. The van der Waals surface area contributed by atoms with Crippen LogP contribution in [0.2, 0.25) is 0 Å². The lowest BCUT2D eigenvalue weighted by molar-refractivity contribution is -0.141. The average molecular weight is 565 g/mol. The monoisotopic (exact) mass is 564 g/mol. The number of carbonyl (C=O) groups excluding carboxylic acids is 4.